The molecule has 4 aromatic rings. The molecule has 0 unspecified atom stereocenters. The second kappa shape index (κ2) is 9.21. The number of hydrogen-bond acceptors (Lipinski definition) is 7. The smallest absolute Gasteiger partial charge is 0.545 e. The Morgan fingerprint density at radius 3 is 2.52 bits per heavy atom. The number of halogens is 2. The predicted octanol–water partition coefficient (Wildman–Crippen LogP) is -0.0869. The summed E-state index contributed by atoms with van der Waals surface area (Å²) < 4.78 is 37.1. The van der Waals surface area contributed by atoms with Crippen LogP contribution in [0.4, 0.5) is 14.8 Å². The van der Waals surface area contributed by atoms with Crippen LogP contribution in [0.15, 0.2) is 59.1 Å². The monoisotopic (exact) mass is 433 g/mol. The summed E-state index contributed by atoms with van der Waals surface area (Å²) in [6.07, 6.45) is 1.29. The van der Waals surface area contributed by atoms with E-state index < -0.39 is 23.5 Å². The molecule has 0 saturated carbocycles. The summed E-state index contributed by atoms with van der Waals surface area (Å²) in [6.45, 7) is 0. The summed E-state index contributed by atoms with van der Waals surface area (Å²) in [5.74, 6) is -3.93. The Morgan fingerprint density at radius 1 is 1.00 bits per heavy atom. The van der Waals surface area contributed by atoms with Crippen molar-refractivity contribution in [3.05, 3.63) is 77.6 Å². The number of pyridine rings is 1. The van der Waals surface area contributed by atoms with E-state index in [1.807, 2.05) is 0 Å². The molecular formula is C20H10F2N3NaO5. The van der Waals surface area contributed by atoms with Crippen molar-refractivity contribution in [1.82, 2.24) is 9.97 Å². The molecule has 8 nitrogen and oxygen atoms in total. The summed E-state index contributed by atoms with van der Waals surface area (Å²) in [5, 5.41) is 13.3. The van der Waals surface area contributed by atoms with E-state index in [1.54, 1.807) is 0 Å². The number of amides is 1. The number of ether oxygens (including phenoxy) is 1. The minimum absolute atomic E-state index is 0. The van der Waals surface area contributed by atoms with Crippen molar-refractivity contribution in [3.63, 3.8) is 0 Å². The fourth-order valence-electron chi connectivity index (χ4n) is 2.54. The Kier molecular flexibility index (Phi) is 6.64. The molecule has 0 bridgehead atoms. The van der Waals surface area contributed by atoms with Gasteiger partial charge in [0, 0.05) is 18.3 Å². The van der Waals surface area contributed by atoms with Crippen molar-refractivity contribution < 1.29 is 62.2 Å². The van der Waals surface area contributed by atoms with E-state index in [-0.39, 0.29) is 69.4 Å². The summed E-state index contributed by atoms with van der Waals surface area (Å²) in [6, 6.07) is 9.49. The van der Waals surface area contributed by atoms with Crippen molar-refractivity contribution in [3.8, 4) is 11.5 Å². The van der Waals surface area contributed by atoms with Gasteiger partial charge in [0.1, 0.15) is 22.7 Å². The van der Waals surface area contributed by atoms with Gasteiger partial charge >= 0.3 is 35.6 Å². The number of fused-ring (bicyclic) bond motifs is 1. The summed E-state index contributed by atoms with van der Waals surface area (Å²) in [5.41, 5.74) is 0.333. The number of benzene rings is 2. The van der Waals surface area contributed by atoms with Gasteiger partial charge in [-0.15, -0.1) is 0 Å². The maximum absolute atomic E-state index is 13.3. The summed E-state index contributed by atoms with van der Waals surface area (Å²) in [4.78, 5) is 31.3. The first kappa shape index (κ1) is 22.3. The summed E-state index contributed by atoms with van der Waals surface area (Å²) in [7, 11) is 0. The van der Waals surface area contributed by atoms with Gasteiger partial charge in [-0.05, 0) is 42.0 Å². The molecule has 11 heteroatoms. The SMILES string of the molecule is O=C([O-])c1ccc2oc(NC(=O)c3cc(Oc4ccc(F)c(F)c4)ccn3)nc2c1.[Na+]. The zero-order valence-electron chi connectivity index (χ0n) is 15.9. The van der Waals surface area contributed by atoms with Crippen LogP contribution < -0.4 is 44.7 Å². The number of carboxylic acid groups (broad SMARTS) is 1. The van der Waals surface area contributed by atoms with E-state index in [2.05, 4.69) is 15.3 Å². The summed E-state index contributed by atoms with van der Waals surface area (Å²) >= 11 is 0. The van der Waals surface area contributed by atoms with Crippen molar-refractivity contribution in [2.24, 2.45) is 0 Å². The number of carbonyl (C=O) groups excluding carboxylic acids is 2. The van der Waals surface area contributed by atoms with Crippen LogP contribution in [0.25, 0.3) is 11.1 Å². The van der Waals surface area contributed by atoms with E-state index in [0.717, 1.165) is 12.1 Å². The van der Waals surface area contributed by atoms with E-state index in [1.165, 1.54) is 42.6 Å². The number of carboxylic acids is 1. The maximum Gasteiger partial charge on any atom is 1.00 e. The largest absolute Gasteiger partial charge is 1.00 e. The molecule has 0 saturated heterocycles. The van der Waals surface area contributed by atoms with Crippen molar-refractivity contribution in [1.29, 1.82) is 0 Å². The van der Waals surface area contributed by atoms with Crippen molar-refractivity contribution in [2.75, 3.05) is 5.32 Å². The Bertz CT molecular complexity index is 1300. The van der Waals surface area contributed by atoms with E-state index >= 15 is 0 Å². The third-order valence-electron chi connectivity index (χ3n) is 3.93. The second-order valence-electron chi connectivity index (χ2n) is 6.00. The van der Waals surface area contributed by atoms with Crippen LogP contribution in [0, 0.1) is 11.6 Å². The number of oxazole rings is 1. The molecule has 1 N–H and O–H groups in total. The number of hydrogen-bond donors (Lipinski definition) is 1. The molecule has 0 aliphatic carbocycles. The first-order chi connectivity index (χ1) is 14.4. The van der Waals surface area contributed by atoms with Gasteiger partial charge in [-0.1, -0.05) is 0 Å². The molecule has 0 spiro atoms. The van der Waals surface area contributed by atoms with Gasteiger partial charge in [-0.25, -0.2) is 8.78 Å². The Balaban J connectivity index is 0.00000272. The number of rotatable bonds is 5. The molecule has 4 rings (SSSR count). The van der Waals surface area contributed by atoms with Crippen LogP contribution in [0.5, 0.6) is 11.5 Å². The van der Waals surface area contributed by atoms with Crippen LogP contribution in [-0.4, -0.2) is 21.8 Å². The molecule has 0 aliphatic heterocycles. The number of aromatic carboxylic acids is 1. The standard InChI is InChI=1S/C20H11F2N3O5.Na/c21-13-3-2-11(8-14(13)22)29-12-5-6-23-16(9-12)18(26)25-20-24-15-7-10(19(27)28)1-4-17(15)30-20;/h1-9H,(H,27,28)(H,24,25,26);/q;+1/p-1. The normalized spacial score (nSPS) is 10.4. The molecule has 1 amide bonds. The van der Waals surface area contributed by atoms with Crippen LogP contribution in [0.3, 0.4) is 0 Å². The van der Waals surface area contributed by atoms with Gasteiger partial charge in [0.15, 0.2) is 17.2 Å². The van der Waals surface area contributed by atoms with Crippen molar-refractivity contribution in [2.45, 2.75) is 0 Å². The molecule has 2 heterocycles. The molecular weight excluding hydrogens is 423 g/mol. The third-order valence-corrected chi connectivity index (χ3v) is 3.93. The van der Waals surface area contributed by atoms with E-state index in [9.17, 15) is 23.5 Å². The second-order valence-corrected chi connectivity index (χ2v) is 6.00. The molecule has 2 aromatic heterocycles. The zero-order valence-corrected chi connectivity index (χ0v) is 17.9. The van der Waals surface area contributed by atoms with Gasteiger partial charge in [-0.3, -0.25) is 15.1 Å². The van der Waals surface area contributed by atoms with Crippen LogP contribution in [0.1, 0.15) is 20.8 Å². The average Bonchev–Trinajstić information content (AvgIpc) is 3.12. The number of carbonyl (C=O) groups is 2. The molecule has 0 fully saturated rings. The molecule has 31 heavy (non-hydrogen) atoms. The maximum atomic E-state index is 13.3. The molecule has 2 aromatic carbocycles. The molecule has 0 aliphatic rings. The van der Waals surface area contributed by atoms with Gasteiger partial charge in [0.05, 0.1) is 5.97 Å². The fraction of sp³-hybridized carbons (Fsp3) is 0. The minimum atomic E-state index is -1.37. The number of nitrogens with zero attached hydrogens (tertiary/aromatic N) is 2. The average molecular weight is 433 g/mol. The number of aromatic nitrogens is 2. The molecule has 0 radical (unpaired) electrons. The van der Waals surface area contributed by atoms with Crippen molar-refractivity contribution >= 4 is 29.0 Å². The minimum Gasteiger partial charge on any atom is -0.545 e. The van der Waals surface area contributed by atoms with E-state index in [4.69, 9.17) is 9.15 Å². The van der Waals surface area contributed by atoms with Crippen LogP contribution in [-0.2, 0) is 0 Å². The first-order valence-corrected chi connectivity index (χ1v) is 8.41. The fourth-order valence-corrected chi connectivity index (χ4v) is 2.54. The predicted molar refractivity (Wildman–Crippen MR) is 97.0 cm³/mol. The van der Waals surface area contributed by atoms with Gasteiger partial charge in [0.25, 0.3) is 5.91 Å². The van der Waals surface area contributed by atoms with Gasteiger partial charge in [0.2, 0.25) is 0 Å². The van der Waals surface area contributed by atoms with Crippen LogP contribution in [0.2, 0.25) is 0 Å². The first-order valence-electron chi connectivity index (χ1n) is 8.41. The number of anilines is 1. The molecule has 0 atom stereocenters. The van der Waals surface area contributed by atoms with Crippen LogP contribution >= 0.6 is 0 Å². The zero-order chi connectivity index (χ0) is 21.3. The quantitative estimate of drug-likeness (QED) is 0.437. The third kappa shape index (κ3) is 5.05. The van der Waals surface area contributed by atoms with Gasteiger partial charge in [-0.2, -0.15) is 4.98 Å². The number of nitrogens with one attached hydrogen (secondary N) is 1. The van der Waals surface area contributed by atoms with Gasteiger partial charge < -0.3 is 19.1 Å². The van der Waals surface area contributed by atoms with E-state index in [0.29, 0.717) is 0 Å². The molecule has 150 valence electrons. The topological polar surface area (TPSA) is 117 Å². The Morgan fingerprint density at radius 2 is 1.77 bits per heavy atom. The Labute approximate surface area is 195 Å². The Hall–Kier alpha value is -3.34.